The molecule has 5 heteroatoms. The van der Waals surface area contributed by atoms with E-state index in [2.05, 4.69) is 26.7 Å². The van der Waals surface area contributed by atoms with Crippen molar-refractivity contribution in [3.05, 3.63) is 18.2 Å². The minimum absolute atomic E-state index is 0.211. The molecule has 2 heterocycles. The van der Waals surface area contributed by atoms with Gasteiger partial charge in [0.05, 0.1) is 12.6 Å². The Morgan fingerprint density at radius 1 is 1.45 bits per heavy atom. The summed E-state index contributed by atoms with van der Waals surface area (Å²) in [7, 11) is 0. The smallest absolute Gasteiger partial charge is 0.122 e. The number of aryl methyl sites for hydroxylation is 1. The zero-order valence-corrected chi connectivity index (χ0v) is 12.8. The van der Waals surface area contributed by atoms with E-state index in [4.69, 9.17) is 0 Å². The number of nitrogens with one attached hydrogen (secondary N) is 1. The van der Waals surface area contributed by atoms with Gasteiger partial charge in [0.2, 0.25) is 0 Å². The number of aliphatic hydroxyl groups excluding tert-OH is 1. The molecule has 5 nitrogen and oxygen atoms in total. The van der Waals surface area contributed by atoms with Gasteiger partial charge in [0.1, 0.15) is 5.82 Å². The highest BCUT2D eigenvalue weighted by Gasteiger charge is 2.19. The summed E-state index contributed by atoms with van der Waals surface area (Å²) in [4.78, 5) is 6.74. The second-order valence-corrected chi connectivity index (χ2v) is 5.85. The number of imidazole rings is 1. The van der Waals surface area contributed by atoms with E-state index in [0.717, 1.165) is 51.0 Å². The van der Waals surface area contributed by atoms with Gasteiger partial charge in [0.25, 0.3) is 0 Å². The molecular formula is C15H28N4O. The standard InChI is InChI=1S/C15H28N4O/c1-3-19-9-6-17-15(19)11-16-10-14-4-7-18(8-5-14)12-13(2)20/h6,9,13-14,16,20H,3-5,7-8,10-12H2,1-2H3/t13-/m0/s1. The Bertz CT molecular complexity index is 383. The van der Waals surface area contributed by atoms with Crippen LogP contribution in [0.5, 0.6) is 0 Å². The van der Waals surface area contributed by atoms with E-state index in [1.165, 1.54) is 12.8 Å². The molecule has 1 aliphatic heterocycles. The molecule has 1 atom stereocenters. The number of nitrogens with zero attached hydrogens (tertiary/aromatic N) is 3. The molecule has 2 N–H and O–H groups in total. The largest absolute Gasteiger partial charge is 0.392 e. The van der Waals surface area contributed by atoms with Crippen molar-refractivity contribution in [1.82, 2.24) is 19.8 Å². The van der Waals surface area contributed by atoms with Gasteiger partial charge in [-0.15, -0.1) is 0 Å². The maximum atomic E-state index is 9.40. The molecule has 0 unspecified atom stereocenters. The Morgan fingerprint density at radius 3 is 2.85 bits per heavy atom. The van der Waals surface area contributed by atoms with E-state index in [0.29, 0.717) is 0 Å². The first-order valence-electron chi connectivity index (χ1n) is 7.80. The highest BCUT2D eigenvalue weighted by molar-refractivity contribution is 4.91. The van der Waals surface area contributed by atoms with Crippen molar-refractivity contribution in [2.24, 2.45) is 5.92 Å². The fraction of sp³-hybridized carbons (Fsp3) is 0.800. The minimum Gasteiger partial charge on any atom is -0.392 e. The second-order valence-electron chi connectivity index (χ2n) is 5.85. The molecule has 0 amide bonds. The molecule has 1 aromatic heterocycles. The summed E-state index contributed by atoms with van der Waals surface area (Å²) in [5.41, 5.74) is 0. The Balaban J connectivity index is 1.64. The predicted octanol–water partition coefficient (Wildman–Crippen LogP) is 1.09. The van der Waals surface area contributed by atoms with Gasteiger partial charge in [-0.1, -0.05) is 0 Å². The van der Waals surface area contributed by atoms with Gasteiger partial charge >= 0.3 is 0 Å². The molecule has 0 aromatic carbocycles. The molecule has 0 bridgehead atoms. The number of rotatable bonds is 7. The number of likely N-dealkylation sites (tertiary alicyclic amines) is 1. The van der Waals surface area contributed by atoms with E-state index in [1.54, 1.807) is 0 Å². The topological polar surface area (TPSA) is 53.3 Å². The highest BCUT2D eigenvalue weighted by Crippen LogP contribution is 2.16. The molecule has 20 heavy (non-hydrogen) atoms. The van der Waals surface area contributed by atoms with Crippen molar-refractivity contribution in [1.29, 1.82) is 0 Å². The first-order valence-corrected chi connectivity index (χ1v) is 7.80. The lowest BCUT2D eigenvalue weighted by Crippen LogP contribution is -2.40. The number of piperidine rings is 1. The second kappa shape index (κ2) is 7.76. The van der Waals surface area contributed by atoms with Crippen molar-refractivity contribution >= 4 is 0 Å². The molecule has 0 saturated carbocycles. The van der Waals surface area contributed by atoms with E-state index in [9.17, 15) is 5.11 Å². The van der Waals surface area contributed by atoms with Crippen molar-refractivity contribution in [3.8, 4) is 0 Å². The van der Waals surface area contributed by atoms with Crippen molar-refractivity contribution in [2.75, 3.05) is 26.2 Å². The van der Waals surface area contributed by atoms with Crippen LogP contribution in [-0.4, -0.2) is 51.8 Å². The maximum Gasteiger partial charge on any atom is 0.122 e. The summed E-state index contributed by atoms with van der Waals surface area (Å²) < 4.78 is 2.18. The van der Waals surface area contributed by atoms with Gasteiger partial charge in [0, 0.05) is 25.5 Å². The third kappa shape index (κ3) is 4.58. The summed E-state index contributed by atoms with van der Waals surface area (Å²) in [5.74, 6) is 1.88. The summed E-state index contributed by atoms with van der Waals surface area (Å²) in [6, 6.07) is 0. The van der Waals surface area contributed by atoms with Crippen molar-refractivity contribution in [2.45, 2.75) is 45.9 Å². The maximum absolute atomic E-state index is 9.40. The van der Waals surface area contributed by atoms with Crippen LogP contribution in [0.25, 0.3) is 0 Å². The molecule has 1 aromatic rings. The monoisotopic (exact) mass is 280 g/mol. The van der Waals surface area contributed by atoms with Crippen LogP contribution in [0, 0.1) is 5.92 Å². The zero-order chi connectivity index (χ0) is 14.4. The molecule has 2 rings (SSSR count). The number of hydrogen-bond donors (Lipinski definition) is 2. The van der Waals surface area contributed by atoms with Gasteiger partial charge in [-0.2, -0.15) is 0 Å². The average Bonchev–Trinajstić information content (AvgIpc) is 2.87. The van der Waals surface area contributed by atoms with Crippen LogP contribution in [0.3, 0.4) is 0 Å². The van der Waals surface area contributed by atoms with Gasteiger partial charge in [-0.25, -0.2) is 4.98 Å². The minimum atomic E-state index is -0.211. The summed E-state index contributed by atoms with van der Waals surface area (Å²) in [5, 5.41) is 12.9. The number of aliphatic hydroxyl groups is 1. The van der Waals surface area contributed by atoms with Crippen LogP contribution in [0.1, 0.15) is 32.5 Å². The molecule has 0 spiro atoms. The van der Waals surface area contributed by atoms with Crippen LogP contribution < -0.4 is 5.32 Å². The number of hydrogen-bond acceptors (Lipinski definition) is 4. The third-order valence-electron chi connectivity index (χ3n) is 4.09. The Morgan fingerprint density at radius 2 is 2.20 bits per heavy atom. The summed E-state index contributed by atoms with van der Waals surface area (Å²) >= 11 is 0. The van der Waals surface area contributed by atoms with E-state index >= 15 is 0 Å². The molecular weight excluding hydrogens is 252 g/mol. The quantitative estimate of drug-likeness (QED) is 0.785. The molecule has 114 valence electrons. The van der Waals surface area contributed by atoms with Gasteiger partial charge in [-0.05, 0) is 52.2 Å². The predicted molar refractivity (Wildman–Crippen MR) is 80.5 cm³/mol. The van der Waals surface area contributed by atoms with Gasteiger partial charge in [-0.3, -0.25) is 0 Å². The number of β-amino-alcohol motifs (C(OH)–C–C–N with tert-alkyl or cyclic N) is 1. The summed E-state index contributed by atoms with van der Waals surface area (Å²) in [6.45, 7) is 9.95. The fourth-order valence-corrected chi connectivity index (χ4v) is 2.93. The number of aromatic nitrogens is 2. The van der Waals surface area contributed by atoms with Crippen molar-refractivity contribution < 1.29 is 5.11 Å². The summed E-state index contributed by atoms with van der Waals surface area (Å²) in [6.07, 6.45) is 6.14. The van der Waals surface area contributed by atoms with Gasteiger partial charge in [0.15, 0.2) is 0 Å². The Hall–Kier alpha value is -0.910. The molecule has 0 radical (unpaired) electrons. The van der Waals surface area contributed by atoms with Crippen LogP contribution in [0.2, 0.25) is 0 Å². The lowest BCUT2D eigenvalue weighted by atomic mass is 9.96. The lowest BCUT2D eigenvalue weighted by molar-refractivity contribution is 0.0997. The first-order chi connectivity index (χ1) is 9.69. The van der Waals surface area contributed by atoms with E-state index in [-0.39, 0.29) is 6.10 Å². The average molecular weight is 280 g/mol. The normalized spacial score (nSPS) is 19.4. The van der Waals surface area contributed by atoms with Crippen LogP contribution in [0.15, 0.2) is 12.4 Å². The van der Waals surface area contributed by atoms with E-state index in [1.807, 2.05) is 19.3 Å². The van der Waals surface area contributed by atoms with E-state index < -0.39 is 0 Å². The fourth-order valence-electron chi connectivity index (χ4n) is 2.93. The third-order valence-corrected chi connectivity index (χ3v) is 4.09. The molecule has 1 aliphatic rings. The first kappa shape index (κ1) is 15.5. The van der Waals surface area contributed by atoms with Crippen LogP contribution in [0.4, 0.5) is 0 Å². The highest BCUT2D eigenvalue weighted by atomic mass is 16.3. The zero-order valence-electron chi connectivity index (χ0n) is 12.8. The SMILES string of the molecule is CCn1ccnc1CNCC1CCN(C[C@H](C)O)CC1. The molecule has 1 fully saturated rings. The van der Waals surface area contributed by atoms with Crippen molar-refractivity contribution in [3.63, 3.8) is 0 Å². The lowest BCUT2D eigenvalue weighted by Gasteiger charge is -2.32. The van der Waals surface area contributed by atoms with Crippen LogP contribution >= 0.6 is 0 Å². The molecule has 0 aliphatic carbocycles. The Kier molecular flexibility index (Phi) is 6.01. The Labute approximate surface area is 122 Å². The van der Waals surface area contributed by atoms with Gasteiger partial charge < -0.3 is 19.9 Å². The van der Waals surface area contributed by atoms with Crippen LogP contribution in [-0.2, 0) is 13.1 Å². The molecule has 1 saturated heterocycles.